The van der Waals surface area contributed by atoms with E-state index in [-0.39, 0.29) is 18.0 Å². The van der Waals surface area contributed by atoms with E-state index in [0.29, 0.717) is 21.8 Å². The third-order valence-electron chi connectivity index (χ3n) is 3.66. The molecule has 132 valence electrons. The number of nitrogens with zero attached hydrogens (tertiary/aromatic N) is 3. The van der Waals surface area contributed by atoms with Gasteiger partial charge in [0.05, 0.1) is 17.2 Å². The van der Waals surface area contributed by atoms with Gasteiger partial charge in [-0.1, -0.05) is 11.6 Å². The summed E-state index contributed by atoms with van der Waals surface area (Å²) in [4.78, 5) is 22.6. The van der Waals surface area contributed by atoms with Crippen LogP contribution in [0.5, 0.6) is 0 Å². The van der Waals surface area contributed by atoms with Crippen LogP contribution in [0.25, 0.3) is 16.8 Å². The van der Waals surface area contributed by atoms with Crippen LogP contribution in [0.4, 0.5) is 5.69 Å². The van der Waals surface area contributed by atoms with Crippen LogP contribution in [0, 0.1) is 10.1 Å². The molecule has 0 amide bonds. The number of non-ortho nitro benzene ring substituents is 1. The largest absolute Gasteiger partial charge is 0.461 e. The molecule has 0 unspecified atom stereocenters. The third-order valence-corrected chi connectivity index (χ3v) is 3.92. The van der Waals surface area contributed by atoms with Crippen molar-refractivity contribution in [3.05, 3.63) is 75.6 Å². The van der Waals surface area contributed by atoms with Gasteiger partial charge in [-0.15, -0.1) is 0 Å². The van der Waals surface area contributed by atoms with Crippen molar-refractivity contribution in [3.63, 3.8) is 0 Å². The average molecular weight is 372 g/mol. The number of benzene rings is 2. The molecule has 8 heteroatoms. The van der Waals surface area contributed by atoms with Crippen molar-refractivity contribution in [2.75, 3.05) is 6.61 Å². The zero-order chi connectivity index (χ0) is 18.7. The van der Waals surface area contributed by atoms with Crippen molar-refractivity contribution < 1.29 is 14.5 Å². The monoisotopic (exact) mass is 371 g/mol. The summed E-state index contributed by atoms with van der Waals surface area (Å²) in [6.07, 6.45) is 1.68. The standard InChI is InChI=1S/C18H14ClN3O4/c1-2-26-18(23)17-16(12-3-7-15(8-4-12)22(24)25)11-21(20-17)14-9-5-13(19)6-10-14/h3-11H,2H2,1H3. The van der Waals surface area contributed by atoms with Crippen molar-refractivity contribution >= 4 is 23.3 Å². The van der Waals surface area contributed by atoms with Crippen LogP contribution in [-0.4, -0.2) is 27.3 Å². The first-order valence-corrected chi connectivity index (χ1v) is 8.15. The fourth-order valence-corrected chi connectivity index (χ4v) is 2.55. The Kier molecular flexibility index (Phi) is 4.99. The van der Waals surface area contributed by atoms with Crippen LogP contribution in [0.1, 0.15) is 17.4 Å². The fourth-order valence-electron chi connectivity index (χ4n) is 2.42. The summed E-state index contributed by atoms with van der Waals surface area (Å²) in [5, 5.41) is 15.7. The predicted octanol–water partition coefficient (Wildman–Crippen LogP) is 4.28. The van der Waals surface area contributed by atoms with E-state index >= 15 is 0 Å². The summed E-state index contributed by atoms with van der Waals surface area (Å²) >= 11 is 5.90. The van der Waals surface area contributed by atoms with Crippen molar-refractivity contribution in [3.8, 4) is 16.8 Å². The van der Waals surface area contributed by atoms with Gasteiger partial charge in [0.15, 0.2) is 5.69 Å². The van der Waals surface area contributed by atoms with E-state index in [1.54, 1.807) is 54.2 Å². The number of nitro benzene ring substituents is 1. The van der Waals surface area contributed by atoms with Gasteiger partial charge in [0.1, 0.15) is 0 Å². The van der Waals surface area contributed by atoms with Crippen LogP contribution in [0.15, 0.2) is 54.7 Å². The fraction of sp³-hybridized carbons (Fsp3) is 0.111. The molecule has 2 aromatic carbocycles. The van der Waals surface area contributed by atoms with Crippen LogP contribution < -0.4 is 0 Å². The van der Waals surface area contributed by atoms with E-state index in [4.69, 9.17) is 16.3 Å². The zero-order valence-corrected chi connectivity index (χ0v) is 14.5. The molecule has 26 heavy (non-hydrogen) atoms. The molecule has 1 heterocycles. The van der Waals surface area contributed by atoms with Gasteiger partial charge in [-0.2, -0.15) is 5.10 Å². The molecular weight excluding hydrogens is 358 g/mol. The summed E-state index contributed by atoms with van der Waals surface area (Å²) in [7, 11) is 0. The molecule has 0 N–H and O–H groups in total. The Labute approximate surface area is 153 Å². The Bertz CT molecular complexity index is 950. The SMILES string of the molecule is CCOC(=O)c1nn(-c2ccc(Cl)cc2)cc1-c1ccc([N+](=O)[O-])cc1. The Morgan fingerprint density at radius 3 is 2.42 bits per heavy atom. The van der Waals surface area contributed by atoms with Crippen molar-refractivity contribution in [1.29, 1.82) is 0 Å². The highest BCUT2D eigenvalue weighted by Crippen LogP contribution is 2.27. The highest BCUT2D eigenvalue weighted by atomic mass is 35.5. The predicted molar refractivity (Wildman–Crippen MR) is 96.6 cm³/mol. The molecule has 3 aromatic rings. The van der Waals surface area contributed by atoms with Gasteiger partial charge in [-0.3, -0.25) is 10.1 Å². The maximum atomic E-state index is 12.3. The second kappa shape index (κ2) is 7.37. The Hall–Kier alpha value is -3.19. The Balaban J connectivity index is 2.08. The minimum absolute atomic E-state index is 0.0310. The second-order valence-corrected chi connectivity index (χ2v) is 5.77. The molecule has 0 bridgehead atoms. The minimum Gasteiger partial charge on any atom is -0.461 e. The molecule has 0 fully saturated rings. The lowest BCUT2D eigenvalue weighted by atomic mass is 10.1. The molecule has 0 aliphatic heterocycles. The second-order valence-electron chi connectivity index (χ2n) is 5.34. The normalized spacial score (nSPS) is 10.5. The lowest BCUT2D eigenvalue weighted by molar-refractivity contribution is -0.384. The number of rotatable bonds is 5. The molecule has 0 spiro atoms. The molecule has 0 radical (unpaired) electrons. The molecule has 7 nitrogen and oxygen atoms in total. The quantitative estimate of drug-likeness (QED) is 0.379. The van der Waals surface area contributed by atoms with E-state index in [1.807, 2.05) is 0 Å². The molecular formula is C18H14ClN3O4. The molecule has 3 rings (SSSR count). The van der Waals surface area contributed by atoms with E-state index in [0.717, 1.165) is 0 Å². The number of carbonyl (C=O) groups is 1. The van der Waals surface area contributed by atoms with Gasteiger partial charge < -0.3 is 4.74 Å². The number of nitro groups is 1. The van der Waals surface area contributed by atoms with Gasteiger partial charge >= 0.3 is 5.97 Å². The highest BCUT2D eigenvalue weighted by molar-refractivity contribution is 6.30. The average Bonchev–Trinajstić information content (AvgIpc) is 3.08. The van der Waals surface area contributed by atoms with Gasteiger partial charge in [-0.05, 0) is 48.9 Å². The van der Waals surface area contributed by atoms with Crippen molar-refractivity contribution in [2.45, 2.75) is 6.92 Å². The van der Waals surface area contributed by atoms with Gasteiger partial charge in [0, 0.05) is 28.9 Å². The summed E-state index contributed by atoms with van der Waals surface area (Å²) in [6, 6.07) is 12.9. The molecule has 1 aromatic heterocycles. The number of ether oxygens (including phenoxy) is 1. The number of aromatic nitrogens is 2. The maximum absolute atomic E-state index is 12.3. The highest BCUT2D eigenvalue weighted by Gasteiger charge is 2.20. The first kappa shape index (κ1) is 17.6. The number of halogens is 1. The van der Waals surface area contributed by atoms with Crippen LogP contribution in [0.3, 0.4) is 0 Å². The first-order valence-electron chi connectivity index (χ1n) is 7.77. The van der Waals surface area contributed by atoms with Crippen LogP contribution in [0.2, 0.25) is 5.02 Å². The summed E-state index contributed by atoms with van der Waals surface area (Å²) in [5.41, 5.74) is 1.97. The molecule has 0 saturated heterocycles. The number of hydrogen-bond donors (Lipinski definition) is 0. The lowest BCUT2D eigenvalue weighted by Crippen LogP contribution is -2.07. The number of hydrogen-bond acceptors (Lipinski definition) is 5. The number of esters is 1. The Morgan fingerprint density at radius 1 is 1.19 bits per heavy atom. The van der Waals surface area contributed by atoms with Gasteiger partial charge in [0.25, 0.3) is 5.69 Å². The van der Waals surface area contributed by atoms with Crippen LogP contribution >= 0.6 is 11.6 Å². The lowest BCUT2D eigenvalue weighted by Gasteiger charge is -2.02. The molecule has 0 aliphatic carbocycles. The van der Waals surface area contributed by atoms with Crippen molar-refractivity contribution in [2.24, 2.45) is 0 Å². The summed E-state index contributed by atoms with van der Waals surface area (Å²) in [5.74, 6) is -0.562. The van der Waals surface area contributed by atoms with Crippen LogP contribution in [-0.2, 0) is 4.74 Å². The molecule has 0 atom stereocenters. The van der Waals surface area contributed by atoms with E-state index < -0.39 is 10.9 Å². The van der Waals surface area contributed by atoms with Gasteiger partial charge in [0.2, 0.25) is 0 Å². The van der Waals surface area contributed by atoms with Gasteiger partial charge in [-0.25, -0.2) is 9.48 Å². The molecule has 0 saturated carbocycles. The topological polar surface area (TPSA) is 87.3 Å². The first-order chi connectivity index (χ1) is 12.5. The van der Waals surface area contributed by atoms with E-state index in [9.17, 15) is 14.9 Å². The summed E-state index contributed by atoms with van der Waals surface area (Å²) < 4.78 is 6.62. The third kappa shape index (κ3) is 3.57. The number of carbonyl (C=O) groups excluding carboxylic acids is 1. The minimum atomic E-state index is -0.562. The van der Waals surface area contributed by atoms with E-state index in [1.165, 1.54) is 12.1 Å². The maximum Gasteiger partial charge on any atom is 0.359 e. The Morgan fingerprint density at radius 2 is 1.85 bits per heavy atom. The summed E-state index contributed by atoms with van der Waals surface area (Å²) in [6.45, 7) is 1.92. The van der Waals surface area contributed by atoms with Crippen molar-refractivity contribution in [1.82, 2.24) is 9.78 Å². The van der Waals surface area contributed by atoms with E-state index in [2.05, 4.69) is 5.10 Å². The zero-order valence-electron chi connectivity index (χ0n) is 13.8. The smallest absolute Gasteiger partial charge is 0.359 e. The molecule has 0 aliphatic rings.